The van der Waals surface area contributed by atoms with Crippen molar-refractivity contribution in [2.24, 2.45) is 0 Å². The van der Waals surface area contributed by atoms with Gasteiger partial charge in [-0.3, -0.25) is 9.69 Å². The number of rotatable bonds is 4. The van der Waals surface area contributed by atoms with Gasteiger partial charge in [0.1, 0.15) is 6.04 Å². The molecule has 5 heteroatoms. The molecule has 0 bridgehead atoms. The Bertz CT molecular complexity index is 320. The average molecular weight is 269 g/mol. The molecule has 2 heterocycles. The Balaban J connectivity index is 1.91. The lowest BCUT2D eigenvalue weighted by molar-refractivity contribution is -0.128. The van der Waals surface area contributed by atoms with Crippen LogP contribution in [0.2, 0.25) is 0 Å². The largest absolute Gasteiger partial charge is 0.371 e. The van der Waals surface area contributed by atoms with Crippen molar-refractivity contribution in [1.29, 1.82) is 0 Å². The zero-order valence-electron chi connectivity index (χ0n) is 12.4. The highest BCUT2D eigenvalue weighted by Crippen LogP contribution is 2.30. The molecular formula is C14H27N3O2. The van der Waals surface area contributed by atoms with Gasteiger partial charge in [0.2, 0.25) is 5.91 Å². The van der Waals surface area contributed by atoms with Crippen molar-refractivity contribution in [3.63, 3.8) is 0 Å². The third-order valence-corrected chi connectivity index (χ3v) is 4.00. The third-order valence-electron chi connectivity index (χ3n) is 4.00. The number of nitrogens with one attached hydrogen (secondary N) is 2. The zero-order valence-corrected chi connectivity index (χ0v) is 12.4. The average Bonchev–Trinajstić information content (AvgIpc) is 2.69. The second-order valence-electron chi connectivity index (χ2n) is 6.15. The topological polar surface area (TPSA) is 53.6 Å². The van der Waals surface area contributed by atoms with E-state index in [-0.39, 0.29) is 23.7 Å². The molecule has 2 atom stereocenters. The summed E-state index contributed by atoms with van der Waals surface area (Å²) >= 11 is 0. The Morgan fingerprint density at radius 1 is 1.53 bits per heavy atom. The molecule has 0 saturated carbocycles. The predicted octanol–water partition coefficient (Wildman–Crippen LogP) is 0.354. The minimum atomic E-state index is -0.0546. The van der Waals surface area contributed by atoms with Gasteiger partial charge in [-0.1, -0.05) is 0 Å². The first-order chi connectivity index (χ1) is 9.02. The van der Waals surface area contributed by atoms with Gasteiger partial charge in [-0.25, -0.2) is 0 Å². The van der Waals surface area contributed by atoms with E-state index in [0.717, 1.165) is 39.0 Å². The molecule has 2 unspecified atom stereocenters. The second-order valence-corrected chi connectivity index (χ2v) is 6.15. The molecule has 2 fully saturated rings. The number of likely N-dealkylation sites (N-methyl/N-ethyl adjacent to an activating group) is 1. The summed E-state index contributed by atoms with van der Waals surface area (Å²) in [5.41, 5.74) is -0.000121. The van der Waals surface area contributed by atoms with Gasteiger partial charge in [-0.2, -0.15) is 0 Å². The lowest BCUT2D eigenvalue weighted by Gasteiger charge is -2.36. The van der Waals surface area contributed by atoms with E-state index in [4.69, 9.17) is 4.74 Å². The van der Waals surface area contributed by atoms with Crippen LogP contribution in [0.5, 0.6) is 0 Å². The van der Waals surface area contributed by atoms with Crippen LogP contribution in [0.25, 0.3) is 0 Å². The fourth-order valence-corrected chi connectivity index (χ4v) is 2.98. The molecule has 0 radical (unpaired) electrons. The molecule has 2 saturated heterocycles. The van der Waals surface area contributed by atoms with Crippen LogP contribution >= 0.6 is 0 Å². The standard InChI is InChI=1S/C14H27N3O2/c1-4-16-13(18)12-9-15-7-8-17(12)10-11-5-6-14(2,3)19-11/h11-12,15H,4-10H2,1-3H3,(H,16,18). The van der Waals surface area contributed by atoms with Crippen molar-refractivity contribution in [2.75, 3.05) is 32.7 Å². The molecule has 5 nitrogen and oxygen atoms in total. The molecule has 2 rings (SSSR count). The summed E-state index contributed by atoms with van der Waals surface area (Å²) < 4.78 is 6.05. The predicted molar refractivity (Wildman–Crippen MR) is 75.1 cm³/mol. The number of piperazine rings is 1. The molecule has 110 valence electrons. The van der Waals surface area contributed by atoms with Crippen molar-refractivity contribution in [3.05, 3.63) is 0 Å². The van der Waals surface area contributed by atoms with Gasteiger partial charge in [0.25, 0.3) is 0 Å². The number of carbonyl (C=O) groups excluding carboxylic acids is 1. The van der Waals surface area contributed by atoms with E-state index in [0.29, 0.717) is 6.54 Å². The fourth-order valence-electron chi connectivity index (χ4n) is 2.98. The van der Waals surface area contributed by atoms with Crippen LogP contribution in [0.4, 0.5) is 0 Å². The first-order valence-corrected chi connectivity index (χ1v) is 7.42. The minimum Gasteiger partial charge on any atom is -0.371 e. The van der Waals surface area contributed by atoms with E-state index >= 15 is 0 Å². The Morgan fingerprint density at radius 3 is 2.95 bits per heavy atom. The Kier molecular flexibility index (Phi) is 4.81. The molecule has 19 heavy (non-hydrogen) atoms. The number of ether oxygens (including phenoxy) is 1. The van der Waals surface area contributed by atoms with Crippen LogP contribution in [0, 0.1) is 0 Å². The maximum absolute atomic E-state index is 12.1. The van der Waals surface area contributed by atoms with Crippen molar-refractivity contribution in [2.45, 2.75) is 51.4 Å². The third kappa shape index (κ3) is 3.91. The van der Waals surface area contributed by atoms with E-state index in [1.165, 1.54) is 0 Å². The first-order valence-electron chi connectivity index (χ1n) is 7.42. The van der Waals surface area contributed by atoms with E-state index in [1.807, 2.05) is 6.92 Å². The van der Waals surface area contributed by atoms with E-state index in [2.05, 4.69) is 29.4 Å². The van der Waals surface area contributed by atoms with Crippen molar-refractivity contribution in [1.82, 2.24) is 15.5 Å². The van der Waals surface area contributed by atoms with Gasteiger partial charge < -0.3 is 15.4 Å². The van der Waals surface area contributed by atoms with Gasteiger partial charge >= 0.3 is 0 Å². The normalized spacial score (nSPS) is 31.3. The summed E-state index contributed by atoms with van der Waals surface area (Å²) in [5, 5.41) is 6.23. The van der Waals surface area contributed by atoms with E-state index < -0.39 is 0 Å². The Hall–Kier alpha value is -0.650. The molecule has 2 aliphatic heterocycles. The molecule has 0 aromatic rings. The summed E-state index contributed by atoms with van der Waals surface area (Å²) in [4.78, 5) is 14.3. The number of nitrogens with zero attached hydrogens (tertiary/aromatic N) is 1. The number of amides is 1. The van der Waals surface area contributed by atoms with Gasteiger partial charge in [-0.05, 0) is 33.6 Å². The highest BCUT2D eigenvalue weighted by molar-refractivity contribution is 5.82. The van der Waals surface area contributed by atoms with Crippen LogP contribution in [-0.4, -0.2) is 61.3 Å². The molecular weight excluding hydrogens is 242 g/mol. The zero-order chi connectivity index (χ0) is 13.9. The van der Waals surface area contributed by atoms with Crippen molar-refractivity contribution >= 4 is 5.91 Å². The lowest BCUT2D eigenvalue weighted by Crippen LogP contribution is -2.59. The van der Waals surface area contributed by atoms with Crippen LogP contribution in [0.3, 0.4) is 0 Å². The molecule has 0 spiro atoms. The molecule has 2 N–H and O–H groups in total. The quantitative estimate of drug-likeness (QED) is 0.773. The van der Waals surface area contributed by atoms with Crippen LogP contribution in [0.1, 0.15) is 33.6 Å². The lowest BCUT2D eigenvalue weighted by atomic mass is 10.0. The summed E-state index contributed by atoms with van der Waals surface area (Å²) in [7, 11) is 0. The molecule has 2 aliphatic rings. The highest BCUT2D eigenvalue weighted by atomic mass is 16.5. The van der Waals surface area contributed by atoms with Crippen LogP contribution < -0.4 is 10.6 Å². The SMILES string of the molecule is CCNC(=O)C1CNCCN1CC1CCC(C)(C)O1. The number of carbonyl (C=O) groups is 1. The van der Waals surface area contributed by atoms with E-state index in [1.54, 1.807) is 0 Å². The van der Waals surface area contributed by atoms with E-state index in [9.17, 15) is 4.79 Å². The van der Waals surface area contributed by atoms with Gasteiger partial charge in [0.15, 0.2) is 0 Å². The van der Waals surface area contributed by atoms with Gasteiger partial charge in [0, 0.05) is 32.7 Å². The summed E-state index contributed by atoms with van der Waals surface area (Å²) in [6, 6.07) is -0.0546. The first kappa shape index (κ1) is 14.8. The number of hydrogen-bond acceptors (Lipinski definition) is 4. The van der Waals surface area contributed by atoms with Crippen LogP contribution in [0.15, 0.2) is 0 Å². The van der Waals surface area contributed by atoms with Gasteiger partial charge in [-0.15, -0.1) is 0 Å². The van der Waals surface area contributed by atoms with Crippen molar-refractivity contribution < 1.29 is 9.53 Å². The summed E-state index contributed by atoms with van der Waals surface area (Å²) in [5.74, 6) is 0.131. The summed E-state index contributed by atoms with van der Waals surface area (Å²) in [6.07, 6.45) is 2.47. The molecule has 1 amide bonds. The molecule has 0 aromatic carbocycles. The Morgan fingerprint density at radius 2 is 2.32 bits per heavy atom. The molecule has 0 aromatic heterocycles. The Labute approximate surface area is 116 Å². The maximum atomic E-state index is 12.1. The highest BCUT2D eigenvalue weighted by Gasteiger charge is 2.36. The van der Waals surface area contributed by atoms with Gasteiger partial charge in [0.05, 0.1) is 11.7 Å². The fraction of sp³-hybridized carbons (Fsp3) is 0.929. The van der Waals surface area contributed by atoms with Crippen LogP contribution in [-0.2, 0) is 9.53 Å². The molecule has 0 aliphatic carbocycles. The number of hydrogen-bond donors (Lipinski definition) is 2. The minimum absolute atomic E-state index is 0.000121. The second kappa shape index (κ2) is 6.20. The smallest absolute Gasteiger partial charge is 0.238 e. The van der Waals surface area contributed by atoms with Crippen molar-refractivity contribution in [3.8, 4) is 0 Å². The summed E-state index contributed by atoms with van der Waals surface area (Å²) in [6.45, 7) is 10.4. The monoisotopic (exact) mass is 269 g/mol. The maximum Gasteiger partial charge on any atom is 0.238 e.